The van der Waals surface area contributed by atoms with Gasteiger partial charge in [-0.1, -0.05) is 58.5 Å². The molecule has 0 saturated carbocycles. The largest absolute Gasteiger partial charge is 0.508 e. The Morgan fingerprint density at radius 2 is 1.61 bits per heavy atom. The van der Waals surface area contributed by atoms with Gasteiger partial charge in [0.15, 0.2) is 0 Å². The molecule has 0 aromatic heterocycles. The van der Waals surface area contributed by atoms with Crippen molar-refractivity contribution in [3.8, 4) is 11.5 Å². The smallest absolute Gasteiger partial charge is 0.126 e. The first kappa shape index (κ1) is 17.1. The third-order valence-corrected chi connectivity index (χ3v) is 4.52. The van der Waals surface area contributed by atoms with Gasteiger partial charge in [0, 0.05) is 17.5 Å². The SMILES string of the molecule is C=C(c1cc(C(C)C)c(O)cc1O)C(C)c1ccc(CC)cc1. The van der Waals surface area contributed by atoms with E-state index in [-0.39, 0.29) is 23.3 Å². The fraction of sp³-hybridized carbons (Fsp3) is 0.333. The van der Waals surface area contributed by atoms with Crippen LogP contribution in [0.2, 0.25) is 0 Å². The van der Waals surface area contributed by atoms with Crippen LogP contribution in [0.15, 0.2) is 43.0 Å². The van der Waals surface area contributed by atoms with E-state index >= 15 is 0 Å². The van der Waals surface area contributed by atoms with Crippen molar-refractivity contribution in [2.24, 2.45) is 0 Å². The summed E-state index contributed by atoms with van der Waals surface area (Å²) in [5.74, 6) is 0.487. The second-order valence-corrected chi connectivity index (χ2v) is 6.42. The molecule has 0 aliphatic heterocycles. The zero-order valence-corrected chi connectivity index (χ0v) is 14.4. The van der Waals surface area contributed by atoms with Gasteiger partial charge in [-0.2, -0.15) is 0 Å². The van der Waals surface area contributed by atoms with Gasteiger partial charge in [0.1, 0.15) is 11.5 Å². The summed E-state index contributed by atoms with van der Waals surface area (Å²) in [5, 5.41) is 20.2. The van der Waals surface area contributed by atoms with Crippen LogP contribution in [0.5, 0.6) is 11.5 Å². The van der Waals surface area contributed by atoms with Crippen LogP contribution in [-0.2, 0) is 6.42 Å². The molecule has 2 nitrogen and oxygen atoms in total. The monoisotopic (exact) mass is 310 g/mol. The normalized spacial score (nSPS) is 12.4. The van der Waals surface area contributed by atoms with Gasteiger partial charge in [-0.25, -0.2) is 0 Å². The minimum absolute atomic E-state index is 0.0777. The number of phenols is 2. The van der Waals surface area contributed by atoms with E-state index in [1.807, 2.05) is 19.9 Å². The van der Waals surface area contributed by atoms with Crippen molar-refractivity contribution in [3.05, 3.63) is 65.2 Å². The number of benzene rings is 2. The second-order valence-electron chi connectivity index (χ2n) is 6.42. The Bertz CT molecular complexity index is 697. The van der Waals surface area contributed by atoms with Gasteiger partial charge in [0.2, 0.25) is 0 Å². The molecule has 0 bridgehead atoms. The Labute approximate surface area is 139 Å². The van der Waals surface area contributed by atoms with Crippen molar-refractivity contribution in [1.29, 1.82) is 0 Å². The average molecular weight is 310 g/mol. The van der Waals surface area contributed by atoms with Crippen molar-refractivity contribution in [2.45, 2.75) is 46.0 Å². The molecule has 0 radical (unpaired) electrons. The molecule has 0 spiro atoms. The average Bonchev–Trinajstić information content (AvgIpc) is 2.53. The first-order chi connectivity index (χ1) is 10.8. The molecular formula is C21H26O2. The molecule has 0 fully saturated rings. The maximum Gasteiger partial charge on any atom is 0.126 e. The molecule has 0 saturated heterocycles. The molecule has 0 heterocycles. The van der Waals surface area contributed by atoms with Crippen LogP contribution >= 0.6 is 0 Å². The fourth-order valence-electron chi connectivity index (χ4n) is 2.79. The van der Waals surface area contributed by atoms with E-state index < -0.39 is 0 Å². The lowest BCUT2D eigenvalue weighted by molar-refractivity contribution is 0.442. The van der Waals surface area contributed by atoms with Crippen molar-refractivity contribution >= 4 is 5.57 Å². The second kappa shape index (κ2) is 6.91. The maximum absolute atomic E-state index is 10.2. The molecule has 122 valence electrons. The predicted molar refractivity (Wildman–Crippen MR) is 97.1 cm³/mol. The molecule has 0 aliphatic carbocycles. The van der Waals surface area contributed by atoms with E-state index in [4.69, 9.17) is 0 Å². The molecule has 0 aliphatic rings. The number of allylic oxidation sites excluding steroid dienone is 1. The lowest BCUT2D eigenvalue weighted by Gasteiger charge is -2.19. The number of hydrogen-bond donors (Lipinski definition) is 2. The maximum atomic E-state index is 10.2. The summed E-state index contributed by atoms with van der Waals surface area (Å²) < 4.78 is 0. The fourth-order valence-corrected chi connectivity index (χ4v) is 2.79. The highest BCUT2D eigenvalue weighted by atomic mass is 16.3. The van der Waals surface area contributed by atoms with Gasteiger partial charge in [-0.05, 0) is 40.7 Å². The molecule has 23 heavy (non-hydrogen) atoms. The standard InChI is InChI=1S/C21H26O2/c1-6-16-7-9-17(10-8-16)14(4)15(5)19-11-18(13(2)3)20(22)12-21(19)23/h7-14,22-23H,5-6H2,1-4H3. The minimum Gasteiger partial charge on any atom is -0.508 e. The van der Waals surface area contributed by atoms with Gasteiger partial charge in [-0.3, -0.25) is 0 Å². The molecule has 2 aromatic carbocycles. The highest BCUT2D eigenvalue weighted by molar-refractivity contribution is 5.75. The van der Waals surface area contributed by atoms with Gasteiger partial charge in [0.25, 0.3) is 0 Å². The van der Waals surface area contributed by atoms with E-state index in [2.05, 4.69) is 44.7 Å². The summed E-state index contributed by atoms with van der Waals surface area (Å²) in [7, 11) is 0. The summed E-state index contributed by atoms with van der Waals surface area (Å²) in [5.41, 5.74) is 4.87. The Kier molecular flexibility index (Phi) is 5.15. The van der Waals surface area contributed by atoms with Gasteiger partial charge in [0.05, 0.1) is 0 Å². The molecule has 0 amide bonds. The Hall–Kier alpha value is -2.22. The van der Waals surface area contributed by atoms with Gasteiger partial charge >= 0.3 is 0 Å². The lowest BCUT2D eigenvalue weighted by Crippen LogP contribution is -1.99. The van der Waals surface area contributed by atoms with E-state index in [1.165, 1.54) is 17.2 Å². The van der Waals surface area contributed by atoms with Crippen molar-refractivity contribution < 1.29 is 10.2 Å². The summed E-state index contributed by atoms with van der Waals surface area (Å²) in [4.78, 5) is 0. The Balaban J connectivity index is 2.36. The predicted octanol–water partition coefficient (Wildman–Crippen LogP) is 5.60. The van der Waals surface area contributed by atoms with Gasteiger partial charge < -0.3 is 10.2 Å². The molecule has 2 heteroatoms. The molecule has 2 N–H and O–H groups in total. The molecule has 2 aromatic rings. The highest BCUT2D eigenvalue weighted by Crippen LogP contribution is 2.39. The van der Waals surface area contributed by atoms with Crippen LogP contribution in [0.1, 0.15) is 61.8 Å². The number of hydrogen-bond acceptors (Lipinski definition) is 2. The quantitative estimate of drug-likeness (QED) is 0.754. The molecular weight excluding hydrogens is 284 g/mol. The topological polar surface area (TPSA) is 40.5 Å². The van der Waals surface area contributed by atoms with Crippen LogP contribution in [0, 0.1) is 0 Å². The van der Waals surface area contributed by atoms with Crippen LogP contribution < -0.4 is 0 Å². The van der Waals surface area contributed by atoms with Crippen molar-refractivity contribution in [2.75, 3.05) is 0 Å². The summed E-state index contributed by atoms with van der Waals surface area (Å²) in [6.45, 7) is 12.5. The molecule has 1 unspecified atom stereocenters. The first-order valence-corrected chi connectivity index (χ1v) is 8.19. The summed E-state index contributed by atoms with van der Waals surface area (Å²) in [6.07, 6.45) is 1.02. The van der Waals surface area contributed by atoms with Crippen LogP contribution in [-0.4, -0.2) is 10.2 Å². The number of rotatable bonds is 5. The Morgan fingerprint density at radius 1 is 1.00 bits per heavy atom. The van der Waals surface area contributed by atoms with E-state index in [9.17, 15) is 10.2 Å². The minimum atomic E-state index is 0.0777. The first-order valence-electron chi connectivity index (χ1n) is 8.19. The summed E-state index contributed by atoms with van der Waals surface area (Å²) in [6, 6.07) is 11.8. The highest BCUT2D eigenvalue weighted by Gasteiger charge is 2.18. The molecule has 2 rings (SSSR count). The van der Waals surface area contributed by atoms with E-state index in [1.54, 1.807) is 0 Å². The van der Waals surface area contributed by atoms with Crippen LogP contribution in [0.25, 0.3) is 5.57 Å². The zero-order valence-electron chi connectivity index (χ0n) is 14.4. The van der Waals surface area contributed by atoms with Crippen LogP contribution in [0.4, 0.5) is 0 Å². The van der Waals surface area contributed by atoms with Gasteiger partial charge in [-0.15, -0.1) is 0 Å². The van der Waals surface area contributed by atoms with Crippen LogP contribution in [0.3, 0.4) is 0 Å². The van der Waals surface area contributed by atoms with E-state index in [0.717, 1.165) is 17.6 Å². The third kappa shape index (κ3) is 3.58. The Morgan fingerprint density at radius 3 is 2.13 bits per heavy atom. The summed E-state index contributed by atoms with van der Waals surface area (Å²) >= 11 is 0. The lowest BCUT2D eigenvalue weighted by atomic mass is 9.86. The molecule has 1 atom stereocenters. The number of phenolic OH excluding ortho intramolecular Hbond substituents is 2. The van der Waals surface area contributed by atoms with E-state index in [0.29, 0.717) is 5.56 Å². The number of aromatic hydroxyl groups is 2. The third-order valence-electron chi connectivity index (χ3n) is 4.52. The zero-order chi connectivity index (χ0) is 17.1. The van der Waals surface area contributed by atoms with Crippen molar-refractivity contribution in [3.63, 3.8) is 0 Å². The van der Waals surface area contributed by atoms with Crippen molar-refractivity contribution in [1.82, 2.24) is 0 Å². The number of aryl methyl sites for hydroxylation is 1.